The number of ether oxygens (including phenoxy) is 1. The first-order chi connectivity index (χ1) is 13.3. The van der Waals surface area contributed by atoms with E-state index < -0.39 is 11.2 Å². The number of nitrogens with zero attached hydrogens (tertiary/aromatic N) is 5. The summed E-state index contributed by atoms with van der Waals surface area (Å²) in [5, 5.41) is 0. The summed E-state index contributed by atoms with van der Waals surface area (Å²) in [5.74, 6) is 0.128. The molecule has 0 saturated heterocycles. The van der Waals surface area contributed by atoms with Crippen molar-refractivity contribution in [3.05, 3.63) is 62.6 Å². The van der Waals surface area contributed by atoms with Crippen molar-refractivity contribution in [2.75, 3.05) is 6.61 Å². The molecule has 3 heterocycles. The summed E-state index contributed by atoms with van der Waals surface area (Å²) in [6.07, 6.45) is 1.80. The lowest BCUT2D eigenvalue weighted by atomic mass is 10.2. The van der Waals surface area contributed by atoms with Gasteiger partial charge in [0, 0.05) is 31.7 Å². The summed E-state index contributed by atoms with van der Waals surface area (Å²) in [4.78, 5) is 41.3. The van der Waals surface area contributed by atoms with Crippen LogP contribution in [0, 0.1) is 6.92 Å². The van der Waals surface area contributed by atoms with Crippen molar-refractivity contribution in [2.45, 2.75) is 13.8 Å². The van der Waals surface area contributed by atoms with Gasteiger partial charge < -0.3 is 4.74 Å². The fourth-order valence-electron chi connectivity index (χ4n) is 3.37. The lowest BCUT2D eigenvalue weighted by Crippen LogP contribution is -2.37. The lowest BCUT2D eigenvalue weighted by Gasteiger charge is -2.07. The molecule has 0 spiro atoms. The largest absolute Gasteiger partial charge is 0.462 e. The molecule has 3 aromatic heterocycles. The third kappa shape index (κ3) is 2.39. The number of aryl methyl sites for hydroxylation is 2. The first-order valence-electron chi connectivity index (χ1n) is 8.78. The van der Waals surface area contributed by atoms with E-state index in [1.807, 2.05) is 11.5 Å². The minimum atomic E-state index is -0.430. The molecule has 1 aromatic carbocycles. The summed E-state index contributed by atoms with van der Waals surface area (Å²) in [6, 6.07) is 6.94. The van der Waals surface area contributed by atoms with E-state index >= 15 is 0 Å². The van der Waals surface area contributed by atoms with Crippen molar-refractivity contribution < 1.29 is 9.53 Å². The standard InChI is InChI=1S/C19H19N5O4/c1-5-28-17(26)12-6-8-13(9-7-12)24-11(2)10-23-14-15(20-18(23)24)21(3)19(27)22(4)16(14)25/h6-10H,5H2,1-4H3. The molecule has 0 aliphatic rings. The maximum Gasteiger partial charge on any atom is 0.338 e. The zero-order valence-electron chi connectivity index (χ0n) is 16.0. The minimum Gasteiger partial charge on any atom is -0.462 e. The molecular weight excluding hydrogens is 362 g/mol. The number of esters is 1. The van der Waals surface area contributed by atoms with Crippen LogP contribution >= 0.6 is 0 Å². The molecule has 0 atom stereocenters. The lowest BCUT2D eigenvalue weighted by molar-refractivity contribution is 0.0526. The molecule has 28 heavy (non-hydrogen) atoms. The van der Waals surface area contributed by atoms with Crippen LogP contribution < -0.4 is 11.2 Å². The summed E-state index contributed by atoms with van der Waals surface area (Å²) >= 11 is 0. The molecule has 0 aliphatic carbocycles. The molecule has 4 rings (SSSR count). The fraction of sp³-hybridized carbons (Fsp3) is 0.263. The molecule has 0 saturated carbocycles. The van der Waals surface area contributed by atoms with Crippen LogP contribution in [0.3, 0.4) is 0 Å². The van der Waals surface area contributed by atoms with E-state index in [1.54, 1.807) is 48.8 Å². The molecule has 0 amide bonds. The Kier molecular flexibility index (Phi) is 3.95. The zero-order chi connectivity index (χ0) is 20.2. The van der Waals surface area contributed by atoms with E-state index in [0.29, 0.717) is 29.1 Å². The molecule has 0 radical (unpaired) electrons. The smallest absolute Gasteiger partial charge is 0.338 e. The minimum absolute atomic E-state index is 0.312. The molecule has 0 N–H and O–H groups in total. The highest BCUT2D eigenvalue weighted by atomic mass is 16.5. The predicted octanol–water partition coefficient (Wildman–Crippen LogP) is 1.16. The molecule has 144 valence electrons. The zero-order valence-corrected chi connectivity index (χ0v) is 16.0. The van der Waals surface area contributed by atoms with Crippen LogP contribution in [-0.2, 0) is 18.8 Å². The Hall–Kier alpha value is -3.62. The highest BCUT2D eigenvalue weighted by molar-refractivity contribution is 5.89. The summed E-state index contributed by atoms with van der Waals surface area (Å²) in [6.45, 7) is 3.96. The van der Waals surface area contributed by atoms with Gasteiger partial charge in [-0.1, -0.05) is 0 Å². The summed E-state index contributed by atoms with van der Waals surface area (Å²) < 4.78 is 11.0. The number of imidazole rings is 2. The average molecular weight is 381 g/mol. The Morgan fingerprint density at radius 3 is 2.43 bits per heavy atom. The average Bonchev–Trinajstić information content (AvgIpc) is 3.19. The van der Waals surface area contributed by atoms with Crippen molar-refractivity contribution in [3.63, 3.8) is 0 Å². The maximum absolute atomic E-state index is 12.6. The third-order valence-corrected chi connectivity index (χ3v) is 4.78. The van der Waals surface area contributed by atoms with Crippen LogP contribution in [0.1, 0.15) is 23.0 Å². The Bertz CT molecular complexity index is 1350. The molecule has 4 aromatic rings. The molecule has 0 unspecified atom stereocenters. The SMILES string of the molecule is CCOC(=O)c1ccc(-n2c(C)cn3c4c(=O)n(C)c(=O)n(C)c4nc23)cc1. The van der Waals surface area contributed by atoms with Gasteiger partial charge in [0.25, 0.3) is 5.56 Å². The number of benzene rings is 1. The van der Waals surface area contributed by atoms with Gasteiger partial charge in [-0.3, -0.25) is 22.9 Å². The fourth-order valence-corrected chi connectivity index (χ4v) is 3.37. The van der Waals surface area contributed by atoms with Gasteiger partial charge in [-0.2, -0.15) is 4.98 Å². The third-order valence-electron chi connectivity index (χ3n) is 4.78. The highest BCUT2D eigenvalue weighted by Gasteiger charge is 2.19. The van der Waals surface area contributed by atoms with E-state index in [9.17, 15) is 14.4 Å². The second-order valence-corrected chi connectivity index (χ2v) is 6.53. The van der Waals surface area contributed by atoms with Crippen molar-refractivity contribution in [1.29, 1.82) is 0 Å². The number of aromatic nitrogens is 5. The number of hydrogen-bond acceptors (Lipinski definition) is 5. The summed E-state index contributed by atoms with van der Waals surface area (Å²) in [7, 11) is 3.03. The van der Waals surface area contributed by atoms with Crippen LogP contribution in [0.15, 0.2) is 40.1 Å². The van der Waals surface area contributed by atoms with Crippen molar-refractivity contribution in [1.82, 2.24) is 23.1 Å². The topological polar surface area (TPSA) is 92.5 Å². The van der Waals surface area contributed by atoms with E-state index in [-0.39, 0.29) is 5.97 Å². The number of carbonyl (C=O) groups excluding carboxylic acids is 1. The van der Waals surface area contributed by atoms with Gasteiger partial charge in [0.1, 0.15) is 0 Å². The molecule has 0 aliphatic heterocycles. The maximum atomic E-state index is 12.6. The molecule has 9 nitrogen and oxygen atoms in total. The molecule has 0 bridgehead atoms. The number of carbonyl (C=O) groups is 1. The van der Waals surface area contributed by atoms with Gasteiger partial charge in [0.2, 0.25) is 5.78 Å². The first kappa shape index (κ1) is 17.8. The Balaban J connectivity index is 1.96. The van der Waals surface area contributed by atoms with E-state index in [1.165, 1.54) is 11.6 Å². The molecular formula is C19H19N5O4. The predicted molar refractivity (Wildman–Crippen MR) is 103 cm³/mol. The van der Waals surface area contributed by atoms with E-state index in [4.69, 9.17) is 4.74 Å². The van der Waals surface area contributed by atoms with Gasteiger partial charge in [0.05, 0.1) is 12.2 Å². The monoisotopic (exact) mass is 381 g/mol. The van der Waals surface area contributed by atoms with Crippen LogP contribution in [-0.4, -0.2) is 35.7 Å². The van der Waals surface area contributed by atoms with Gasteiger partial charge in [-0.25, -0.2) is 9.59 Å². The first-order valence-corrected chi connectivity index (χ1v) is 8.78. The van der Waals surface area contributed by atoms with Gasteiger partial charge >= 0.3 is 11.7 Å². The quantitative estimate of drug-likeness (QED) is 0.497. The van der Waals surface area contributed by atoms with Gasteiger partial charge in [-0.05, 0) is 38.1 Å². The Morgan fingerprint density at radius 2 is 1.79 bits per heavy atom. The van der Waals surface area contributed by atoms with Crippen LogP contribution in [0.4, 0.5) is 0 Å². The van der Waals surface area contributed by atoms with Crippen molar-refractivity contribution in [3.8, 4) is 5.69 Å². The number of rotatable bonds is 3. The van der Waals surface area contributed by atoms with Gasteiger partial charge in [-0.15, -0.1) is 0 Å². The highest BCUT2D eigenvalue weighted by Crippen LogP contribution is 2.21. The number of hydrogen-bond donors (Lipinski definition) is 0. The van der Waals surface area contributed by atoms with E-state index in [0.717, 1.165) is 15.9 Å². The van der Waals surface area contributed by atoms with Crippen molar-refractivity contribution in [2.24, 2.45) is 14.1 Å². The Labute approximate surface area is 159 Å². The second-order valence-electron chi connectivity index (χ2n) is 6.53. The number of fused-ring (bicyclic) bond motifs is 3. The van der Waals surface area contributed by atoms with E-state index in [2.05, 4.69) is 4.98 Å². The Morgan fingerprint density at radius 1 is 1.11 bits per heavy atom. The summed E-state index contributed by atoms with van der Waals surface area (Å²) in [5.41, 5.74) is 1.91. The van der Waals surface area contributed by atoms with Crippen molar-refractivity contribution >= 4 is 22.9 Å². The normalized spacial score (nSPS) is 11.4. The van der Waals surface area contributed by atoms with Crippen LogP contribution in [0.25, 0.3) is 22.6 Å². The van der Waals surface area contributed by atoms with Gasteiger partial charge in [0.15, 0.2) is 11.2 Å². The molecule has 9 heteroatoms. The van der Waals surface area contributed by atoms with Crippen LogP contribution in [0.2, 0.25) is 0 Å². The second kappa shape index (κ2) is 6.22. The van der Waals surface area contributed by atoms with Crippen LogP contribution in [0.5, 0.6) is 0 Å². The molecule has 0 fully saturated rings.